The van der Waals surface area contributed by atoms with Crippen LogP contribution in [0.1, 0.15) is 44.7 Å². The highest BCUT2D eigenvalue weighted by molar-refractivity contribution is 9.10. The maximum Gasteiger partial charge on any atom is 0.243 e. The lowest BCUT2D eigenvalue weighted by Crippen LogP contribution is -2.54. The van der Waals surface area contributed by atoms with Gasteiger partial charge in [-0.2, -0.15) is 0 Å². The molecule has 0 saturated heterocycles. The number of halogens is 1. The summed E-state index contributed by atoms with van der Waals surface area (Å²) in [6.07, 6.45) is 0.768. The number of amides is 2. The molecule has 9 heteroatoms. The van der Waals surface area contributed by atoms with Crippen LogP contribution in [0.25, 0.3) is 0 Å². The van der Waals surface area contributed by atoms with Crippen molar-refractivity contribution in [2.24, 2.45) is 0 Å². The Bertz CT molecular complexity index is 1360. The summed E-state index contributed by atoms with van der Waals surface area (Å²) in [6.45, 7) is 6.16. The van der Waals surface area contributed by atoms with E-state index < -0.39 is 21.6 Å². The maximum absolute atomic E-state index is 13.8. The summed E-state index contributed by atoms with van der Waals surface area (Å²) in [5, 5.41) is 3.05. The highest BCUT2D eigenvalue weighted by Gasteiger charge is 2.32. The third-order valence-corrected chi connectivity index (χ3v) is 8.75. The zero-order valence-corrected chi connectivity index (χ0v) is 25.9. The molecule has 0 aromatic heterocycles. The summed E-state index contributed by atoms with van der Waals surface area (Å²) in [4.78, 5) is 29.2. The number of nitrogens with zero attached hydrogens (tertiary/aromatic N) is 2. The molecule has 7 nitrogen and oxygen atoms in total. The van der Waals surface area contributed by atoms with Crippen LogP contribution in [-0.2, 0) is 32.6 Å². The quantitative estimate of drug-likeness (QED) is 0.291. The molecule has 214 valence electrons. The molecular formula is C31H38BrN3O4S. The van der Waals surface area contributed by atoms with Crippen LogP contribution in [0.5, 0.6) is 0 Å². The minimum absolute atomic E-state index is 0.0965. The van der Waals surface area contributed by atoms with Crippen molar-refractivity contribution < 1.29 is 18.0 Å². The first-order valence-electron chi connectivity index (χ1n) is 13.3. The number of hydrogen-bond donors (Lipinski definition) is 1. The molecule has 3 aromatic rings. The molecule has 0 aliphatic heterocycles. The van der Waals surface area contributed by atoms with E-state index in [1.807, 2.05) is 75.4 Å². The molecule has 0 saturated carbocycles. The van der Waals surface area contributed by atoms with Gasteiger partial charge in [-0.25, -0.2) is 12.7 Å². The van der Waals surface area contributed by atoms with Crippen LogP contribution in [0.3, 0.4) is 0 Å². The van der Waals surface area contributed by atoms with E-state index in [-0.39, 0.29) is 36.2 Å². The molecule has 0 aliphatic rings. The monoisotopic (exact) mass is 627 g/mol. The first kappa shape index (κ1) is 31.5. The van der Waals surface area contributed by atoms with Gasteiger partial charge in [0.1, 0.15) is 6.04 Å². The van der Waals surface area contributed by atoms with Crippen molar-refractivity contribution >= 4 is 37.8 Å². The van der Waals surface area contributed by atoms with Gasteiger partial charge in [0.15, 0.2) is 0 Å². The van der Waals surface area contributed by atoms with Gasteiger partial charge in [-0.1, -0.05) is 76.6 Å². The van der Waals surface area contributed by atoms with E-state index in [0.717, 1.165) is 15.6 Å². The third kappa shape index (κ3) is 9.28. The molecule has 1 N–H and O–H groups in total. The zero-order chi connectivity index (χ0) is 29.3. The summed E-state index contributed by atoms with van der Waals surface area (Å²) < 4.78 is 28.0. The highest BCUT2D eigenvalue weighted by Crippen LogP contribution is 2.20. The largest absolute Gasteiger partial charge is 0.350 e. The van der Waals surface area contributed by atoms with Gasteiger partial charge in [0.25, 0.3) is 0 Å². The topological polar surface area (TPSA) is 86.8 Å². The van der Waals surface area contributed by atoms with Crippen molar-refractivity contribution in [3.05, 3.63) is 101 Å². The highest BCUT2D eigenvalue weighted by atomic mass is 79.9. The van der Waals surface area contributed by atoms with E-state index in [0.29, 0.717) is 12.8 Å². The minimum atomic E-state index is -3.66. The van der Waals surface area contributed by atoms with Crippen LogP contribution >= 0.6 is 15.9 Å². The Morgan fingerprint density at radius 3 is 2.02 bits per heavy atom. The Morgan fingerprint density at radius 1 is 0.875 bits per heavy atom. The second-order valence-corrected chi connectivity index (χ2v) is 13.8. The predicted molar refractivity (Wildman–Crippen MR) is 162 cm³/mol. The van der Waals surface area contributed by atoms with Crippen molar-refractivity contribution in [1.82, 2.24) is 14.5 Å². The van der Waals surface area contributed by atoms with Crippen molar-refractivity contribution in [3.8, 4) is 0 Å². The van der Waals surface area contributed by atoms with E-state index in [1.54, 1.807) is 35.2 Å². The number of sulfonamides is 1. The van der Waals surface area contributed by atoms with Crippen LogP contribution in [0.15, 0.2) is 94.3 Å². The zero-order valence-electron chi connectivity index (χ0n) is 23.5. The Hall–Kier alpha value is -3.01. The minimum Gasteiger partial charge on any atom is -0.350 e. The SMILES string of the molecule is CN(CCCC(=O)N(Cc1ccc(Br)cc1)[C@@H](Cc1ccccc1)C(=O)NC(C)(C)C)S(=O)(=O)c1ccccc1. The van der Waals surface area contributed by atoms with Crippen LogP contribution in [0, 0.1) is 0 Å². The Morgan fingerprint density at radius 2 is 1.45 bits per heavy atom. The number of hydrogen-bond acceptors (Lipinski definition) is 4. The van der Waals surface area contributed by atoms with Crippen LogP contribution in [0.4, 0.5) is 0 Å². The number of nitrogens with one attached hydrogen (secondary N) is 1. The molecule has 0 spiro atoms. The second-order valence-electron chi connectivity index (χ2n) is 10.8. The average molecular weight is 629 g/mol. The van der Waals surface area contributed by atoms with E-state index in [2.05, 4.69) is 21.2 Å². The van der Waals surface area contributed by atoms with Crippen molar-refractivity contribution in [2.45, 2.75) is 63.1 Å². The van der Waals surface area contributed by atoms with E-state index in [9.17, 15) is 18.0 Å². The lowest BCUT2D eigenvalue weighted by molar-refractivity contribution is -0.142. The smallest absolute Gasteiger partial charge is 0.243 e. The molecule has 0 unspecified atom stereocenters. The Balaban J connectivity index is 1.84. The fourth-order valence-electron chi connectivity index (χ4n) is 4.28. The molecule has 40 heavy (non-hydrogen) atoms. The molecule has 0 bridgehead atoms. The summed E-state index contributed by atoms with van der Waals surface area (Å²) in [5.41, 5.74) is 1.35. The maximum atomic E-state index is 13.8. The van der Waals surface area contributed by atoms with Gasteiger partial charge >= 0.3 is 0 Å². The predicted octanol–water partition coefficient (Wildman–Crippen LogP) is 5.40. The molecule has 0 aliphatic carbocycles. The van der Waals surface area contributed by atoms with Gasteiger partial charge in [-0.15, -0.1) is 0 Å². The third-order valence-electron chi connectivity index (χ3n) is 6.35. The summed E-state index contributed by atoms with van der Waals surface area (Å²) >= 11 is 3.45. The van der Waals surface area contributed by atoms with Crippen molar-refractivity contribution in [3.63, 3.8) is 0 Å². The number of carbonyl (C=O) groups excluding carboxylic acids is 2. The van der Waals surface area contributed by atoms with Gasteiger partial charge in [-0.3, -0.25) is 9.59 Å². The number of benzene rings is 3. The average Bonchev–Trinajstić information content (AvgIpc) is 2.91. The summed E-state index contributed by atoms with van der Waals surface area (Å²) in [7, 11) is -2.15. The lowest BCUT2D eigenvalue weighted by atomic mass is 10.00. The van der Waals surface area contributed by atoms with E-state index >= 15 is 0 Å². The summed E-state index contributed by atoms with van der Waals surface area (Å²) in [5.74, 6) is -0.441. The Labute approximate surface area is 246 Å². The standard InChI is InChI=1S/C31H38BrN3O4S/c1-31(2,3)33-30(37)28(22-24-12-7-5-8-13-24)35(23-25-17-19-26(32)20-18-25)29(36)16-11-21-34(4)40(38,39)27-14-9-6-10-15-27/h5-10,12-15,17-20,28H,11,16,21-23H2,1-4H3,(H,33,37)/t28-/m0/s1. The second kappa shape index (κ2) is 14.1. The molecule has 0 fully saturated rings. The van der Waals surface area contributed by atoms with Gasteiger partial charge < -0.3 is 10.2 Å². The fourth-order valence-corrected chi connectivity index (χ4v) is 5.78. The Kier molecular flexibility index (Phi) is 11.1. The van der Waals surface area contributed by atoms with Crippen LogP contribution < -0.4 is 5.32 Å². The molecule has 3 aromatic carbocycles. The number of carbonyl (C=O) groups is 2. The van der Waals surface area contributed by atoms with Crippen molar-refractivity contribution in [2.75, 3.05) is 13.6 Å². The molecule has 0 radical (unpaired) electrons. The van der Waals surface area contributed by atoms with Crippen LogP contribution in [-0.4, -0.2) is 54.6 Å². The molecule has 0 heterocycles. The van der Waals surface area contributed by atoms with Gasteiger partial charge in [0, 0.05) is 43.0 Å². The fraction of sp³-hybridized carbons (Fsp3) is 0.355. The van der Waals surface area contributed by atoms with Gasteiger partial charge in [0.05, 0.1) is 4.90 Å². The number of rotatable bonds is 12. The van der Waals surface area contributed by atoms with Gasteiger partial charge in [0.2, 0.25) is 21.8 Å². The molecule has 1 atom stereocenters. The lowest BCUT2D eigenvalue weighted by Gasteiger charge is -2.34. The van der Waals surface area contributed by atoms with Crippen molar-refractivity contribution in [1.29, 1.82) is 0 Å². The molecular weight excluding hydrogens is 590 g/mol. The van der Waals surface area contributed by atoms with Gasteiger partial charge in [-0.05, 0) is 62.6 Å². The van der Waals surface area contributed by atoms with E-state index in [4.69, 9.17) is 0 Å². The normalized spacial score (nSPS) is 12.7. The first-order valence-corrected chi connectivity index (χ1v) is 15.5. The summed E-state index contributed by atoms with van der Waals surface area (Å²) in [6, 6.07) is 24.8. The molecule has 3 rings (SSSR count). The first-order chi connectivity index (χ1) is 18.9. The van der Waals surface area contributed by atoms with E-state index in [1.165, 1.54) is 11.4 Å². The van der Waals surface area contributed by atoms with Crippen LogP contribution in [0.2, 0.25) is 0 Å². The molecule has 2 amide bonds.